The maximum atomic E-state index is 14.8. The van der Waals surface area contributed by atoms with Gasteiger partial charge in [-0.2, -0.15) is 4.39 Å². The number of halogens is 2. The van der Waals surface area contributed by atoms with Crippen molar-refractivity contribution in [1.29, 1.82) is 0 Å². The van der Waals surface area contributed by atoms with Gasteiger partial charge < -0.3 is 26.0 Å². The van der Waals surface area contributed by atoms with Crippen LogP contribution < -0.4 is 21.1 Å². The number of piperidine rings is 1. The van der Waals surface area contributed by atoms with E-state index in [9.17, 15) is 18.4 Å². The molecule has 12 heteroatoms. The van der Waals surface area contributed by atoms with Crippen molar-refractivity contribution in [1.82, 2.24) is 24.6 Å². The van der Waals surface area contributed by atoms with E-state index in [-0.39, 0.29) is 23.1 Å². The molecular formula is C29H31F2N7O3. The number of nitrogens with zero attached hydrogens (tertiary/aromatic N) is 4. The van der Waals surface area contributed by atoms with Crippen LogP contribution in [0.15, 0.2) is 48.9 Å². The molecule has 1 aliphatic heterocycles. The molecule has 5 rings (SSSR count). The third-order valence-electron chi connectivity index (χ3n) is 7.20. The SMILES string of the molecule is CCc1cc(Nc2nccn3c(-c4ccc(OC)c(F)c4F)cnc23)ccc1C(=O)NCCN1CCC[C@H](N)C1=O. The molecule has 41 heavy (non-hydrogen) atoms. The number of nitrogens with one attached hydrogen (secondary N) is 2. The minimum Gasteiger partial charge on any atom is -0.494 e. The molecule has 0 aliphatic carbocycles. The minimum atomic E-state index is -1.08. The molecule has 2 aromatic heterocycles. The van der Waals surface area contributed by atoms with Gasteiger partial charge in [0.2, 0.25) is 11.7 Å². The third-order valence-corrected chi connectivity index (χ3v) is 7.20. The molecule has 0 saturated carbocycles. The van der Waals surface area contributed by atoms with Crippen molar-refractivity contribution >= 4 is 29.0 Å². The van der Waals surface area contributed by atoms with E-state index in [0.717, 1.165) is 12.0 Å². The summed E-state index contributed by atoms with van der Waals surface area (Å²) in [7, 11) is 1.27. The van der Waals surface area contributed by atoms with Gasteiger partial charge in [-0.25, -0.2) is 14.4 Å². The van der Waals surface area contributed by atoms with E-state index in [1.54, 1.807) is 27.6 Å². The van der Waals surface area contributed by atoms with Crippen LogP contribution in [-0.4, -0.2) is 63.9 Å². The summed E-state index contributed by atoms with van der Waals surface area (Å²) < 4.78 is 35.6. The van der Waals surface area contributed by atoms with E-state index in [2.05, 4.69) is 20.6 Å². The number of rotatable bonds is 9. The number of carbonyl (C=O) groups is 2. The Morgan fingerprint density at radius 1 is 1.20 bits per heavy atom. The molecule has 214 valence electrons. The lowest BCUT2D eigenvalue weighted by atomic mass is 10.0. The number of aromatic nitrogens is 3. The zero-order valence-electron chi connectivity index (χ0n) is 22.8. The molecule has 1 atom stereocenters. The van der Waals surface area contributed by atoms with Gasteiger partial charge in [0.15, 0.2) is 23.0 Å². The Morgan fingerprint density at radius 2 is 2.02 bits per heavy atom. The lowest BCUT2D eigenvalue weighted by Gasteiger charge is -2.30. The monoisotopic (exact) mass is 563 g/mol. The summed E-state index contributed by atoms with van der Waals surface area (Å²) in [6.45, 7) is 3.33. The van der Waals surface area contributed by atoms with Crippen LogP contribution in [0.5, 0.6) is 5.75 Å². The lowest BCUT2D eigenvalue weighted by Crippen LogP contribution is -2.50. The number of imidazole rings is 1. The molecule has 0 spiro atoms. The van der Waals surface area contributed by atoms with Crippen molar-refractivity contribution < 1.29 is 23.1 Å². The van der Waals surface area contributed by atoms with Crippen LogP contribution >= 0.6 is 0 Å². The maximum absolute atomic E-state index is 14.8. The average molecular weight is 564 g/mol. The Kier molecular flexibility index (Phi) is 8.11. The van der Waals surface area contributed by atoms with Gasteiger partial charge in [0.05, 0.1) is 25.0 Å². The number of hydrogen-bond acceptors (Lipinski definition) is 7. The van der Waals surface area contributed by atoms with Gasteiger partial charge in [-0.1, -0.05) is 6.92 Å². The second-order valence-corrected chi connectivity index (χ2v) is 9.74. The molecule has 0 unspecified atom stereocenters. The summed E-state index contributed by atoms with van der Waals surface area (Å²) >= 11 is 0. The largest absolute Gasteiger partial charge is 0.494 e. The number of methoxy groups -OCH3 is 1. The fourth-order valence-electron chi connectivity index (χ4n) is 5.01. The Morgan fingerprint density at radius 3 is 2.80 bits per heavy atom. The summed E-state index contributed by atoms with van der Waals surface area (Å²) in [5.41, 5.74) is 8.66. The number of benzene rings is 2. The van der Waals surface area contributed by atoms with Gasteiger partial charge >= 0.3 is 0 Å². The van der Waals surface area contributed by atoms with Crippen LogP contribution in [0, 0.1) is 11.6 Å². The highest BCUT2D eigenvalue weighted by atomic mass is 19.2. The molecule has 3 heterocycles. The van der Waals surface area contributed by atoms with Crippen molar-refractivity contribution in [2.24, 2.45) is 5.73 Å². The summed E-state index contributed by atoms with van der Waals surface area (Å²) in [4.78, 5) is 35.6. The summed E-state index contributed by atoms with van der Waals surface area (Å²) in [5.74, 6) is -2.21. The van der Waals surface area contributed by atoms with Crippen LogP contribution in [0.3, 0.4) is 0 Å². The number of aryl methyl sites for hydroxylation is 1. The first kappa shape index (κ1) is 28.0. The van der Waals surface area contributed by atoms with Crippen LogP contribution in [0.1, 0.15) is 35.7 Å². The number of fused-ring (bicyclic) bond motifs is 1. The average Bonchev–Trinajstić information content (AvgIpc) is 3.41. The van der Waals surface area contributed by atoms with E-state index in [1.807, 2.05) is 13.0 Å². The highest BCUT2D eigenvalue weighted by molar-refractivity contribution is 5.96. The van der Waals surface area contributed by atoms with Crippen molar-refractivity contribution in [3.63, 3.8) is 0 Å². The van der Waals surface area contributed by atoms with E-state index in [4.69, 9.17) is 10.5 Å². The number of anilines is 2. The first-order chi connectivity index (χ1) is 19.8. The molecule has 2 amide bonds. The zero-order chi connectivity index (χ0) is 29.1. The van der Waals surface area contributed by atoms with Gasteiger partial charge in [0, 0.05) is 48.8 Å². The lowest BCUT2D eigenvalue weighted by molar-refractivity contribution is -0.134. The highest BCUT2D eigenvalue weighted by Gasteiger charge is 2.25. The van der Waals surface area contributed by atoms with Crippen molar-refractivity contribution in [2.45, 2.75) is 32.2 Å². The second kappa shape index (κ2) is 11.9. The molecule has 1 aliphatic rings. The van der Waals surface area contributed by atoms with Crippen LogP contribution in [-0.2, 0) is 11.2 Å². The Bertz CT molecular complexity index is 1610. The number of carbonyl (C=O) groups excluding carboxylic acids is 2. The van der Waals surface area contributed by atoms with E-state index >= 15 is 0 Å². The maximum Gasteiger partial charge on any atom is 0.251 e. The Hall–Kier alpha value is -4.58. The van der Waals surface area contributed by atoms with Gasteiger partial charge in [0.25, 0.3) is 5.91 Å². The first-order valence-electron chi connectivity index (χ1n) is 13.4. The van der Waals surface area contributed by atoms with Gasteiger partial charge in [-0.3, -0.25) is 14.0 Å². The molecule has 1 fully saturated rings. The van der Waals surface area contributed by atoms with E-state index < -0.39 is 17.7 Å². The van der Waals surface area contributed by atoms with Crippen molar-refractivity contribution in [3.8, 4) is 17.0 Å². The van der Waals surface area contributed by atoms with Crippen molar-refractivity contribution in [3.05, 3.63) is 71.7 Å². The number of nitrogens with two attached hydrogens (primary N) is 1. The number of amides is 2. The molecule has 4 aromatic rings. The molecule has 0 radical (unpaired) electrons. The van der Waals surface area contributed by atoms with Gasteiger partial charge in [0.1, 0.15) is 0 Å². The van der Waals surface area contributed by atoms with Crippen LogP contribution in [0.2, 0.25) is 0 Å². The molecular weight excluding hydrogens is 532 g/mol. The fourth-order valence-corrected chi connectivity index (χ4v) is 5.01. The summed E-state index contributed by atoms with van der Waals surface area (Å²) in [5, 5.41) is 6.12. The predicted octanol–water partition coefficient (Wildman–Crippen LogP) is 3.67. The minimum absolute atomic E-state index is 0.0316. The molecule has 2 aromatic carbocycles. The van der Waals surface area contributed by atoms with Crippen LogP contribution in [0.4, 0.5) is 20.3 Å². The quantitative estimate of drug-likeness (QED) is 0.284. The second-order valence-electron chi connectivity index (χ2n) is 9.74. The van der Waals surface area contributed by atoms with E-state index in [0.29, 0.717) is 60.9 Å². The third kappa shape index (κ3) is 5.55. The Labute approximate surface area is 235 Å². The predicted molar refractivity (Wildman–Crippen MR) is 150 cm³/mol. The first-order valence-corrected chi connectivity index (χ1v) is 13.4. The topological polar surface area (TPSA) is 127 Å². The fraction of sp³-hybridized carbons (Fsp3) is 0.310. The molecule has 1 saturated heterocycles. The highest BCUT2D eigenvalue weighted by Crippen LogP contribution is 2.31. The summed E-state index contributed by atoms with van der Waals surface area (Å²) in [6.07, 6.45) is 6.73. The van der Waals surface area contributed by atoms with Crippen LogP contribution in [0.25, 0.3) is 16.9 Å². The van der Waals surface area contributed by atoms with E-state index in [1.165, 1.54) is 31.6 Å². The number of ether oxygens (including phenoxy) is 1. The Balaban J connectivity index is 1.32. The number of hydrogen-bond donors (Lipinski definition) is 3. The number of likely N-dealkylation sites (tertiary alicyclic amines) is 1. The van der Waals surface area contributed by atoms with Gasteiger partial charge in [-0.15, -0.1) is 0 Å². The van der Waals surface area contributed by atoms with Crippen molar-refractivity contribution in [2.75, 3.05) is 32.1 Å². The zero-order valence-corrected chi connectivity index (χ0v) is 22.8. The van der Waals surface area contributed by atoms with Gasteiger partial charge in [-0.05, 0) is 55.2 Å². The normalized spacial score (nSPS) is 15.3. The molecule has 0 bridgehead atoms. The molecule has 4 N–H and O–H groups in total. The molecule has 10 nitrogen and oxygen atoms in total. The standard InChI is InChI=1S/C29H31F2N7O3/c1-3-17-15-18(6-7-19(17)28(39)34-10-13-37-12-4-5-21(32)29(37)40)36-26-27-35-16-22(38(27)14-11-33-26)20-8-9-23(41-2)25(31)24(20)30/h6-9,11,14-16,21H,3-5,10,12-13,32H2,1-2H3,(H,33,36)(H,34,39)/t21-/m0/s1. The smallest absolute Gasteiger partial charge is 0.251 e. The summed E-state index contributed by atoms with van der Waals surface area (Å²) in [6, 6.07) is 7.67.